The van der Waals surface area contributed by atoms with Gasteiger partial charge in [-0.05, 0) is 30.2 Å². The number of methoxy groups -OCH3 is 2. The zero-order valence-electron chi connectivity index (χ0n) is 18.4. The molecule has 2 aromatic rings. The number of carbonyl (C=O) groups excluding carboxylic acids is 2. The molecule has 2 atom stereocenters. The fourth-order valence-corrected chi connectivity index (χ4v) is 4.11. The van der Waals surface area contributed by atoms with Gasteiger partial charge in [0.25, 0.3) is 5.91 Å². The van der Waals surface area contributed by atoms with E-state index in [1.54, 1.807) is 49.5 Å². The van der Waals surface area contributed by atoms with E-state index in [1.807, 2.05) is 26.0 Å². The molecule has 0 saturated carbocycles. The fraction of sp³-hybridized carbons (Fsp3) is 0.417. The van der Waals surface area contributed by atoms with Gasteiger partial charge in [-0.25, -0.2) is 0 Å². The van der Waals surface area contributed by atoms with E-state index in [2.05, 4.69) is 5.32 Å². The molecule has 6 nitrogen and oxygen atoms in total. The zero-order valence-corrected chi connectivity index (χ0v) is 19.1. The van der Waals surface area contributed by atoms with Crippen LogP contribution in [0.2, 0.25) is 5.02 Å². The van der Waals surface area contributed by atoms with Crippen molar-refractivity contribution in [3.8, 4) is 11.5 Å². The second-order valence-electron chi connectivity index (χ2n) is 8.18. The summed E-state index contributed by atoms with van der Waals surface area (Å²) in [6, 6.07) is 12.4. The summed E-state index contributed by atoms with van der Waals surface area (Å²) in [6.45, 7) is 5.43. The van der Waals surface area contributed by atoms with Gasteiger partial charge in [0.2, 0.25) is 5.91 Å². The first-order chi connectivity index (χ1) is 14.8. The smallest absolute Gasteiger partial charge is 0.253 e. The van der Waals surface area contributed by atoms with Crippen molar-refractivity contribution in [1.82, 2.24) is 10.2 Å². The van der Waals surface area contributed by atoms with Gasteiger partial charge in [0.05, 0.1) is 20.1 Å². The molecule has 0 bridgehead atoms. The van der Waals surface area contributed by atoms with Crippen LogP contribution in [0.3, 0.4) is 0 Å². The average molecular weight is 445 g/mol. The van der Waals surface area contributed by atoms with Crippen molar-refractivity contribution in [2.75, 3.05) is 33.9 Å². The number of rotatable bonds is 7. The maximum atomic E-state index is 13.1. The molecule has 0 aliphatic carbocycles. The standard InChI is InChI=1S/C24H29ClN2O4/c1-15(2)12-26-23(28)21-14-27(24(29)16-6-5-7-17(25)10-16)13-20(21)19-9-8-18(30-3)11-22(19)31-4/h5-11,15,20-21H,12-14H2,1-4H3,(H,26,28). The third-order valence-electron chi connectivity index (χ3n) is 5.54. The van der Waals surface area contributed by atoms with Crippen LogP contribution in [0, 0.1) is 11.8 Å². The SMILES string of the molecule is COc1ccc(C2CN(C(=O)c3cccc(Cl)c3)CC2C(=O)NCC(C)C)c(OC)c1. The van der Waals surface area contributed by atoms with Gasteiger partial charge in [-0.3, -0.25) is 9.59 Å². The van der Waals surface area contributed by atoms with Crippen molar-refractivity contribution in [3.63, 3.8) is 0 Å². The minimum atomic E-state index is -0.385. The number of nitrogens with zero attached hydrogens (tertiary/aromatic N) is 1. The van der Waals surface area contributed by atoms with Crippen molar-refractivity contribution in [2.45, 2.75) is 19.8 Å². The van der Waals surface area contributed by atoms with Gasteiger partial charge < -0.3 is 19.7 Å². The number of hydrogen-bond donors (Lipinski definition) is 1. The van der Waals surface area contributed by atoms with Crippen LogP contribution >= 0.6 is 11.6 Å². The van der Waals surface area contributed by atoms with Crippen LogP contribution in [-0.2, 0) is 4.79 Å². The van der Waals surface area contributed by atoms with Crippen molar-refractivity contribution < 1.29 is 19.1 Å². The van der Waals surface area contributed by atoms with Crippen molar-refractivity contribution in [3.05, 3.63) is 58.6 Å². The first-order valence-corrected chi connectivity index (χ1v) is 10.8. The second kappa shape index (κ2) is 10.1. The predicted molar refractivity (Wildman–Crippen MR) is 121 cm³/mol. The number of likely N-dealkylation sites (tertiary alicyclic amines) is 1. The van der Waals surface area contributed by atoms with Gasteiger partial charge >= 0.3 is 0 Å². The van der Waals surface area contributed by atoms with Crippen LogP contribution in [0.25, 0.3) is 0 Å². The molecule has 1 heterocycles. The molecule has 1 aliphatic rings. The number of amides is 2. The van der Waals surface area contributed by atoms with Crippen molar-refractivity contribution in [2.24, 2.45) is 11.8 Å². The normalized spacial score (nSPS) is 18.2. The predicted octanol–water partition coefficient (Wildman–Crippen LogP) is 3.99. The van der Waals surface area contributed by atoms with E-state index in [0.717, 1.165) is 5.56 Å². The lowest BCUT2D eigenvalue weighted by Crippen LogP contribution is -2.37. The molecular formula is C24H29ClN2O4. The van der Waals surface area contributed by atoms with Gasteiger partial charge in [0.15, 0.2) is 0 Å². The summed E-state index contributed by atoms with van der Waals surface area (Å²) in [5, 5.41) is 3.53. The Morgan fingerprint density at radius 3 is 2.55 bits per heavy atom. The molecule has 7 heteroatoms. The summed E-state index contributed by atoms with van der Waals surface area (Å²) in [5.74, 6) is 0.871. The molecule has 1 aliphatic heterocycles. The molecule has 1 N–H and O–H groups in total. The van der Waals surface area contributed by atoms with Crippen LogP contribution in [0.5, 0.6) is 11.5 Å². The minimum absolute atomic E-state index is 0.0574. The molecule has 2 amide bonds. The monoisotopic (exact) mass is 444 g/mol. The molecule has 0 spiro atoms. The van der Waals surface area contributed by atoms with Gasteiger partial charge in [-0.1, -0.05) is 37.6 Å². The molecule has 0 radical (unpaired) electrons. The number of hydrogen-bond acceptors (Lipinski definition) is 4. The van der Waals surface area contributed by atoms with Crippen LogP contribution in [0.1, 0.15) is 35.7 Å². The highest BCUT2D eigenvalue weighted by Gasteiger charge is 2.41. The number of halogens is 1. The quantitative estimate of drug-likeness (QED) is 0.701. The van der Waals surface area contributed by atoms with E-state index in [9.17, 15) is 9.59 Å². The number of benzene rings is 2. The van der Waals surface area contributed by atoms with Crippen LogP contribution < -0.4 is 14.8 Å². The molecule has 0 aromatic heterocycles. The minimum Gasteiger partial charge on any atom is -0.497 e. The summed E-state index contributed by atoms with van der Waals surface area (Å²) in [4.78, 5) is 28.0. The summed E-state index contributed by atoms with van der Waals surface area (Å²) in [6.07, 6.45) is 0. The van der Waals surface area contributed by atoms with E-state index in [-0.39, 0.29) is 23.7 Å². The summed E-state index contributed by atoms with van der Waals surface area (Å²) >= 11 is 6.08. The largest absolute Gasteiger partial charge is 0.497 e. The Balaban J connectivity index is 1.92. The molecule has 2 aromatic carbocycles. The van der Waals surface area contributed by atoms with E-state index < -0.39 is 0 Å². The Bertz CT molecular complexity index is 947. The average Bonchev–Trinajstić information content (AvgIpc) is 3.21. The van der Waals surface area contributed by atoms with Gasteiger partial charge in [-0.2, -0.15) is 0 Å². The first kappa shape index (κ1) is 22.9. The lowest BCUT2D eigenvalue weighted by molar-refractivity contribution is -0.125. The lowest BCUT2D eigenvalue weighted by atomic mass is 9.87. The number of nitrogens with one attached hydrogen (secondary N) is 1. The van der Waals surface area contributed by atoms with E-state index >= 15 is 0 Å². The van der Waals surface area contributed by atoms with E-state index in [1.165, 1.54) is 0 Å². The summed E-state index contributed by atoms with van der Waals surface area (Å²) in [5.41, 5.74) is 1.39. The molecule has 3 rings (SSSR count). The molecule has 31 heavy (non-hydrogen) atoms. The molecule has 2 unspecified atom stereocenters. The highest BCUT2D eigenvalue weighted by atomic mass is 35.5. The lowest BCUT2D eigenvalue weighted by Gasteiger charge is -2.21. The van der Waals surface area contributed by atoms with E-state index in [0.29, 0.717) is 47.6 Å². The van der Waals surface area contributed by atoms with Crippen molar-refractivity contribution >= 4 is 23.4 Å². The van der Waals surface area contributed by atoms with Crippen LogP contribution in [0.4, 0.5) is 0 Å². The third kappa shape index (κ3) is 5.31. The molecule has 166 valence electrons. The van der Waals surface area contributed by atoms with Gasteiger partial charge in [-0.15, -0.1) is 0 Å². The van der Waals surface area contributed by atoms with Gasteiger partial charge in [0.1, 0.15) is 11.5 Å². The zero-order chi connectivity index (χ0) is 22.5. The fourth-order valence-electron chi connectivity index (χ4n) is 3.92. The molecule has 1 saturated heterocycles. The Morgan fingerprint density at radius 2 is 1.90 bits per heavy atom. The van der Waals surface area contributed by atoms with Gasteiger partial charge in [0, 0.05) is 47.8 Å². The van der Waals surface area contributed by atoms with Crippen LogP contribution in [0.15, 0.2) is 42.5 Å². The highest BCUT2D eigenvalue weighted by molar-refractivity contribution is 6.30. The first-order valence-electron chi connectivity index (χ1n) is 10.4. The highest BCUT2D eigenvalue weighted by Crippen LogP contribution is 2.39. The van der Waals surface area contributed by atoms with Crippen molar-refractivity contribution in [1.29, 1.82) is 0 Å². The molecular weight excluding hydrogens is 416 g/mol. The maximum absolute atomic E-state index is 13.1. The van der Waals surface area contributed by atoms with E-state index in [4.69, 9.17) is 21.1 Å². The second-order valence-corrected chi connectivity index (χ2v) is 8.62. The molecule has 1 fully saturated rings. The summed E-state index contributed by atoms with van der Waals surface area (Å²) in [7, 11) is 3.19. The number of carbonyl (C=O) groups is 2. The maximum Gasteiger partial charge on any atom is 0.253 e. The number of ether oxygens (including phenoxy) is 2. The van der Waals surface area contributed by atoms with Crippen LogP contribution in [-0.4, -0.2) is 50.6 Å². The topological polar surface area (TPSA) is 67.9 Å². The Kier molecular flexibility index (Phi) is 7.44. The Hall–Kier alpha value is -2.73. The Labute approximate surface area is 188 Å². The summed E-state index contributed by atoms with van der Waals surface area (Å²) < 4.78 is 10.9. The Morgan fingerprint density at radius 1 is 1.13 bits per heavy atom. The third-order valence-corrected chi connectivity index (χ3v) is 5.78.